The van der Waals surface area contributed by atoms with Crippen molar-refractivity contribution >= 4 is 0 Å². The number of hydrogen-bond donors (Lipinski definition) is 0. The molecule has 1 saturated carbocycles. The summed E-state index contributed by atoms with van der Waals surface area (Å²) < 4.78 is 30.3. The molecule has 2 aliphatic carbocycles. The number of fused-ring (bicyclic) bond motifs is 5. The normalized spacial score (nSPS) is 23.9. The maximum Gasteiger partial charge on any atom is 0.250 e. The Morgan fingerprint density at radius 1 is 1.10 bits per heavy atom. The van der Waals surface area contributed by atoms with Gasteiger partial charge in [-0.2, -0.15) is 10.2 Å². The van der Waals surface area contributed by atoms with E-state index in [4.69, 9.17) is 0 Å². The van der Waals surface area contributed by atoms with Crippen LogP contribution in [0.15, 0.2) is 53.5 Å². The van der Waals surface area contributed by atoms with Crippen LogP contribution in [-0.2, 0) is 12.0 Å². The SMILES string of the molecule is CC1(C)[C@H]2CC[C@]1(Cn1ccccc1=O)c1nnc(-c3c(F)cccc3F)cc12. The zero-order valence-corrected chi connectivity index (χ0v) is 16.3. The lowest BCUT2D eigenvalue weighted by atomic mass is 9.68. The Balaban J connectivity index is 1.66. The Labute approximate surface area is 167 Å². The average Bonchev–Trinajstić information content (AvgIpc) is 3.04. The molecular formula is C23H21F2N3O. The van der Waals surface area contributed by atoms with E-state index in [-0.39, 0.29) is 33.6 Å². The number of nitrogens with zero attached hydrogens (tertiary/aromatic N) is 3. The van der Waals surface area contributed by atoms with E-state index >= 15 is 0 Å². The Hall–Kier alpha value is -2.89. The Kier molecular flexibility index (Phi) is 3.79. The number of pyridine rings is 1. The van der Waals surface area contributed by atoms with Crippen molar-refractivity contribution in [2.24, 2.45) is 5.41 Å². The molecule has 0 radical (unpaired) electrons. The highest BCUT2D eigenvalue weighted by atomic mass is 19.1. The molecule has 2 bridgehead atoms. The number of aromatic nitrogens is 3. The van der Waals surface area contributed by atoms with E-state index in [0.29, 0.717) is 6.54 Å². The molecule has 29 heavy (non-hydrogen) atoms. The van der Waals surface area contributed by atoms with Gasteiger partial charge in [-0.05, 0) is 54.0 Å². The lowest BCUT2D eigenvalue weighted by molar-refractivity contribution is 0.177. The van der Waals surface area contributed by atoms with Gasteiger partial charge in [0.05, 0.1) is 17.0 Å². The molecule has 2 atom stereocenters. The maximum atomic E-state index is 14.3. The molecule has 4 nitrogen and oxygen atoms in total. The van der Waals surface area contributed by atoms with Crippen LogP contribution >= 0.6 is 0 Å². The summed E-state index contributed by atoms with van der Waals surface area (Å²) in [4.78, 5) is 12.4. The van der Waals surface area contributed by atoms with Gasteiger partial charge in [-0.25, -0.2) is 8.78 Å². The summed E-state index contributed by atoms with van der Waals surface area (Å²) in [5.41, 5.74) is 1.40. The van der Waals surface area contributed by atoms with Crippen molar-refractivity contribution in [3.63, 3.8) is 0 Å². The Morgan fingerprint density at radius 3 is 2.59 bits per heavy atom. The van der Waals surface area contributed by atoms with E-state index in [0.717, 1.165) is 24.1 Å². The summed E-state index contributed by atoms with van der Waals surface area (Å²) in [6.45, 7) is 4.92. The quantitative estimate of drug-likeness (QED) is 0.661. The fourth-order valence-electron chi connectivity index (χ4n) is 5.52. The first-order chi connectivity index (χ1) is 13.8. The van der Waals surface area contributed by atoms with Gasteiger partial charge in [-0.15, -0.1) is 0 Å². The largest absolute Gasteiger partial charge is 0.315 e. The first-order valence-corrected chi connectivity index (χ1v) is 9.83. The van der Waals surface area contributed by atoms with Gasteiger partial charge in [0.1, 0.15) is 11.6 Å². The average molecular weight is 393 g/mol. The van der Waals surface area contributed by atoms with Crippen molar-refractivity contribution in [2.45, 2.75) is 44.6 Å². The predicted octanol–water partition coefficient (Wildman–Crippen LogP) is 4.44. The molecule has 1 fully saturated rings. The summed E-state index contributed by atoms with van der Waals surface area (Å²) in [6, 6.07) is 10.7. The standard InChI is InChI=1S/C23H21F2N3O/c1-22(2)15-9-10-23(22,13-28-11-4-3-8-19(28)29)21-14(15)12-18(26-27-21)20-16(24)6-5-7-17(20)25/h3-8,11-12,15H,9-10,13H2,1-2H3/t15-,23-/m0/s1. The van der Waals surface area contributed by atoms with Crippen LogP contribution in [0.3, 0.4) is 0 Å². The fraction of sp³-hybridized carbons (Fsp3) is 0.348. The summed E-state index contributed by atoms with van der Waals surface area (Å²) >= 11 is 0. The first-order valence-electron chi connectivity index (χ1n) is 9.83. The molecule has 0 saturated heterocycles. The highest BCUT2D eigenvalue weighted by molar-refractivity contribution is 5.63. The van der Waals surface area contributed by atoms with E-state index in [1.165, 1.54) is 18.2 Å². The molecule has 0 aliphatic heterocycles. The summed E-state index contributed by atoms with van der Waals surface area (Å²) in [5.74, 6) is -1.08. The van der Waals surface area contributed by atoms with Crippen molar-refractivity contribution in [3.8, 4) is 11.3 Å². The number of benzene rings is 1. The zero-order valence-electron chi connectivity index (χ0n) is 16.3. The second kappa shape index (κ2) is 6.05. The minimum atomic E-state index is -0.646. The number of halogens is 2. The van der Waals surface area contributed by atoms with Gasteiger partial charge in [0.15, 0.2) is 0 Å². The monoisotopic (exact) mass is 393 g/mol. The Bertz CT molecular complexity index is 1170. The molecule has 6 heteroatoms. The van der Waals surface area contributed by atoms with Crippen molar-refractivity contribution in [1.82, 2.24) is 14.8 Å². The second-order valence-electron chi connectivity index (χ2n) is 8.69. The number of hydrogen-bond acceptors (Lipinski definition) is 3. The highest BCUT2D eigenvalue weighted by Crippen LogP contribution is 2.67. The second-order valence-corrected chi connectivity index (χ2v) is 8.69. The number of rotatable bonds is 3. The molecule has 1 aromatic carbocycles. The van der Waals surface area contributed by atoms with Crippen LogP contribution in [0.25, 0.3) is 11.3 Å². The zero-order chi connectivity index (χ0) is 20.4. The van der Waals surface area contributed by atoms with Crippen LogP contribution in [0.1, 0.15) is 43.9 Å². The van der Waals surface area contributed by atoms with Gasteiger partial charge in [0.25, 0.3) is 5.56 Å². The minimum Gasteiger partial charge on any atom is -0.315 e. The molecule has 0 spiro atoms. The molecule has 2 aromatic heterocycles. The molecule has 2 heterocycles. The van der Waals surface area contributed by atoms with Gasteiger partial charge in [-0.1, -0.05) is 26.0 Å². The van der Waals surface area contributed by atoms with E-state index < -0.39 is 11.6 Å². The van der Waals surface area contributed by atoms with Gasteiger partial charge < -0.3 is 4.57 Å². The molecule has 0 amide bonds. The third kappa shape index (κ3) is 2.38. The molecule has 0 unspecified atom stereocenters. The van der Waals surface area contributed by atoms with Crippen molar-refractivity contribution in [1.29, 1.82) is 0 Å². The lowest BCUT2D eigenvalue weighted by Gasteiger charge is -2.38. The van der Waals surface area contributed by atoms with Crippen LogP contribution in [0.5, 0.6) is 0 Å². The van der Waals surface area contributed by atoms with Gasteiger partial charge in [-0.3, -0.25) is 4.79 Å². The van der Waals surface area contributed by atoms with Crippen LogP contribution in [0, 0.1) is 17.0 Å². The minimum absolute atomic E-state index is 0.0485. The summed E-state index contributed by atoms with van der Waals surface area (Å²) in [6.07, 6.45) is 3.66. The third-order valence-corrected chi connectivity index (χ3v) is 7.17. The van der Waals surface area contributed by atoms with Crippen LogP contribution in [-0.4, -0.2) is 14.8 Å². The van der Waals surface area contributed by atoms with Crippen LogP contribution in [0.4, 0.5) is 8.78 Å². The molecule has 0 N–H and O–H groups in total. The summed E-state index contributed by atoms with van der Waals surface area (Å²) in [7, 11) is 0. The van der Waals surface area contributed by atoms with Crippen molar-refractivity contribution in [3.05, 3.63) is 81.9 Å². The fourth-order valence-corrected chi connectivity index (χ4v) is 5.52. The van der Waals surface area contributed by atoms with E-state index in [9.17, 15) is 13.6 Å². The van der Waals surface area contributed by atoms with E-state index in [2.05, 4.69) is 24.0 Å². The molecular weight excluding hydrogens is 372 g/mol. The third-order valence-electron chi connectivity index (χ3n) is 7.17. The van der Waals surface area contributed by atoms with E-state index in [1.807, 2.05) is 6.07 Å². The highest BCUT2D eigenvalue weighted by Gasteiger charge is 2.63. The van der Waals surface area contributed by atoms with Crippen molar-refractivity contribution in [2.75, 3.05) is 0 Å². The topological polar surface area (TPSA) is 47.8 Å². The lowest BCUT2D eigenvalue weighted by Crippen LogP contribution is -2.42. The van der Waals surface area contributed by atoms with Crippen LogP contribution < -0.4 is 5.56 Å². The van der Waals surface area contributed by atoms with Gasteiger partial charge >= 0.3 is 0 Å². The van der Waals surface area contributed by atoms with Crippen LogP contribution in [0.2, 0.25) is 0 Å². The Morgan fingerprint density at radius 2 is 1.86 bits per heavy atom. The predicted molar refractivity (Wildman–Crippen MR) is 106 cm³/mol. The van der Waals surface area contributed by atoms with Gasteiger partial charge in [0, 0.05) is 24.2 Å². The van der Waals surface area contributed by atoms with Gasteiger partial charge in [0.2, 0.25) is 0 Å². The maximum absolute atomic E-state index is 14.3. The first kappa shape index (κ1) is 18.2. The molecule has 3 aromatic rings. The van der Waals surface area contributed by atoms with E-state index in [1.54, 1.807) is 29.0 Å². The summed E-state index contributed by atoms with van der Waals surface area (Å²) in [5, 5.41) is 8.71. The molecule has 148 valence electrons. The smallest absolute Gasteiger partial charge is 0.250 e. The van der Waals surface area contributed by atoms with Crippen molar-refractivity contribution < 1.29 is 8.78 Å². The molecule has 2 aliphatic rings. The molecule has 5 rings (SSSR count).